The molecule has 0 bridgehead atoms. The number of carbonyl (C=O) groups excluding carboxylic acids is 1. The van der Waals surface area contributed by atoms with Crippen LogP contribution in [0.3, 0.4) is 0 Å². The van der Waals surface area contributed by atoms with Crippen LogP contribution in [-0.2, 0) is 6.54 Å². The van der Waals surface area contributed by atoms with Gasteiger partial charge in [-0.15, -0.1) is 0 Å². The van der Waals surface area contributed by atoms with Crippen LogP contribution < -0.4 is 0 Å². The molecule has 0 aliphatic heterocycles. The lowest BCUT2D eigenvalue weighted by Crippen LogP contribution is -2.45. The second-order valence-corrected chi connectivity index (χ2v) is 6.67. The van der Waals surface area contributed by atoms with Crippen LogP contribution in [0.2, 0.25) is 0 Å². The number of carbonyl (C=O) groups is 1. The lowest BCUT2D eigenvalue weighted by molar-refractivity contribution is 0.0540. The van der Waals surface area contributed by atoms with Crippen LogP contribution in [0.25, 0.3) is 10.8 Å². The molecule has 0 atom stereocenters. The van der Waals surface area contributed by atoms with E-state index in [1.54, 1.807) is 6.26 Å². The van der Waals surface area contributed by atoms with E-state index in [1.165, 1.54) is 0 Å². The van der Waals surface area contributed by atoms with Gasteiger partial charge >= 0.3 is 0 Å². The molecule has 0 saturated carbocycles. The molecule has 1 heterocycles. The van der Waals surface area contributed by atoms with Crippen molar-refractivity contribution >= 4 is 16.7 Å². The largest absolute Gasteiger partial charge is 0.467 e. The van der Waals surface area contributed by atoms with Crippen LogP contribution in [0.5, 0.6) is 0 Å². The average molecular weight is 307 g/mol. The number of hydrogen-bond acceptors (Lipinski definition) is 2. The maximum Gasteiger partial charge on any atom is 0.255 e. The molecule has 0 fully saturated rings. The molecule has 0 spiro atoms. The molecule has 3 rings (SSSR count). The summed E-state index contributed by atoms with van der Waals surface area (Å²) in [6, 6.07) is 17.6. The standard InChI is InChI=1S/C20H21NO2/c1-20(2,3)21(14-16-10-7-13-23-16)19(22)18-12-6-9-15-8-4-5-11-17(15)18/h4-13H,14H2,1-3H3. The zero-order valence-electron chi connectivity index (χ0n) is 13.7. The van der Waals surface area contributed by atoms with Crippen molar-refractivity contribution in [3.63, 3.8) is 0 Å². The van der Waals surface area contributed by atoms with Crippen molar-refractivity contribution in [3.8, 4) is 0 Å². The molecule has 0 unspecified atom stereocenters. The van der Waals surface area contributed by atoms with Crippen LogP contribution in [0.4, 0.5) is 0 Å². The molecule has 1 aromatic heterocycles. The van der Waals surface area contributed by atoms with Gasteiger partial charge in [0.2, 0.25) is 0 Å². The fourth-order valence-corrected chi connectivity index (χ4v) is 2.73. The summed E-state index contributed by atoms with van der Waals surface area (Å²) < 4.78 is 5.44. The van der Waals surface area contributed by atoms with E-state index in [1.807, 2.05) is 80.3 Å². The molecule has 0 aliphatic rings. The first kappa shape index (κ1) is 15.3. The van der Waals surface area contributed by atoms with Crippen LogP contribution in [0, 0.1) is 0 Å². The summed E-state index contributed by atoms with van der Waals surface area (Å²) in [4.78, 5) is 15.1. The van der Waals surface area contributed by atoms with Crippen LogP contribution in [0.1, 0.15) is 36.9 Å². The number of hydrogen-bond donors (Lipinski definition) is 0. The Morgan fingerprint density at radius 1 is 1.00 bits per heavy atom. The first-order valence-corrected chi connectivity index (χ1v) is 7.79. The summed E-state index contributed by atoms with van der Waals surface area (Å²) in [5.74, 6) is 0.805. The minimum atomic E-state index is -0.305. The molecule has 0 saturated heterocycles. The van der Waals surface area contributed by atoms with Crippen molar-refractivity contribution in [2.45, 2.75) is 32.9 Å². The highest BCUT2D eigenvalue weighted by molar-refractivity contribution is 6.07. The van der Waals surface area contributed by atoms with Gasteiger partial charge in [-0.05, 0) is 49.7 Å². The molecule has 0 radical (unpaired) electrons. The number of benzene rings is 2. The van der Waals surface area contributed by atoms with Crippen molar-refractivity contribution < 1.29 is 9.21 Å². The first-order valence-electron chi connectivity index (χ1n) is 7.79. The van der Waals surface area contributed by atoms with Gasteiger partial charge in [0.1, 0.15) is 5.76 Å². The predicted molar refractivity (Wildman–Crippen MR) is 92.3 cm³/mol. The quantitative estimate of drug-likeness (QED) is 0.691. The Bertz CT molecular complexity index is 808. The fraction of sp³-hybridized carbons (Fsp3) is 0.250. The van der Waals surface area contributed by atoms with Crippen molar-refractivity contribution in [1.29, 1.82) is 0 Å². The van der Waals surface area contributed by atoms with Crippen molar-refractivity contribution in [2.75, 3.05) is 0 Å². The number of furan rings is 1. The second kappa shape index (κ2) is 5.92. The van der Waals surface area contributed by atoms with Gasteiger partial charge in [0.15, 0.2) is 0 Å². The van der Waals surface area contributed by atoms with E-state index in [-0.39, 0.29) is 11.4 Å². The molecule has 0 N–H and O–H groups in total. The van der Waals surface area contributed by atoms with Gasteiger partial charge in [0.05, 0.1) is 12.8 Å². The molecule has 3 nitrogen and oxygen atoms in total. The third-order valence-corrected chi connectivity index (χ3v) is 3.97. The molecule has 0 aliphatic carbocycles. The Morgan fingerprint density at radius 2 is 1.74 bits per heavy atom. The van der Waals surface area contributed by atoms with E-state index in [4.69, 9.17) is 4.42 Å². The van der Waals surface area contributed by atoms with Gasteiger partial charge < -0.3 is 9.32 Å². The normalized spacial score (nSPS) is 11.6. The molecule has 2 aromatic carbocycles. The molecular weight excluding hydrogens is 286 g/mol. The topological polar surface area (TPSA) is 33.5 Å². The predicted octanol–water partition coefficient (Wildman–Crippen LogP) is 4.87. The van der Waals surface area contributed by atoms with Gasteiger partial charge in [0, 0.05) is 11.1 Å². The minimum Gasteiger partial charge on any atom is -0.467 e. The Labute approximate surface area is 136 Å². The third-order valence-electron chi connectivity index (χ3n) is 3.97. The van der Waals surface area contributed by atoms with Crippen LogP contribution in [0.15, 0.2) is 65.3 Å². The summed E-state index contributed by atoms with van der Waals surface area (Å²) in [5.41, 5.74) is 0.422. The second-order valence-electron chi connectivity index (χ2n) is 6.67. The lowest BCUT2D eigenvalue weighted by atomic mass is 10.00. The lowest BCUT2D eigenvalue weighted by Gasteiger charge is -2.35. The van der Waals surface area contributed by atoms with E-state index in [9.17, 15) is 4.79 Å². The van der Waals surface area contributed by atoms with Crippen molar-refractivity contribution in [3.05, 3.63) is 72.2 Å². The van der Waals surface area contributed by atoms with Gasteiger partial charge in [-0.3, -0.25) is 4.79 Å². The molecule has 118 valence electrons. The average Bonchev–Trinajstić information content (AvgIpc) is 3.03. The smallest absolute Gasteiger partial charge is 0.255 e. The summed E-state index contributed by atoms with van der Waals surface area (Å²) in [7, 11) is 0. The third kappa shape index (κ3) is 3.14. The van der Waals surface area contributed by atoms with Gasteiger partial charge in [-0.25, -0.2) is 0 Å². The SMILES string of the molecule is CC(C)(C)N(Cc1ccco1)C(=O)c1cccc2ccccc12. The number of fused-ring (bicyclic) bond motifs is 1. The van der Waals surface area contributed by atoms with E-state index in [2.05, 4.69) is 0 Å². The van der Waals surface area contributed by atoms with Gasteiger partial charge in [-0.1, -0.05) is 36.4 Å². The summed E-state index contributed by atoms with van der Waals surface area (Å²) in [5, 5.41) is 2.05. The molecular formula is C20H21NO2. The van der Waals surface area contributed by atoms with E-state index >= 15 is 0 Å². The summed E-state index contributed by atoms with van der Waals surface area (Å²) in [6.45, 7) is 6.58. The van der Waals surface area contributed by atoms with Crippen LogP contribution >= 0.6 is 0 Å². The van der Waals surface area contributed by atoms with Crippen LogP contribution in [-0.4, -0.2) is 16.3 Å². The molecule has 3 aromatic rings. The highest BCUT2D eigenvalue weighted by Crippen LogP contribution is 2.25. The van der Waals surface area contributed by atoms with Crippen molar-refractivity contribution in [2.24, 2.45) is 0 Å². The zero-order valence-corrected chi connectivity index (χ0v) is 13.7. The number of nitrogens with zero attached hydrogens (tertiary/aromatic N) is 1. The fourth-order valence-electron chi connectivity index (χ4n) is 2.73. The van der Waals surface area contributed by atoms with E-state index in [0.29, 0.717) is 6.54 Å². The Hall–Kier alpha value is -2.55. The minimum absolute atomic E-state index is 0.0192. The Balaban J connectivity index is 2.03. The van der Waals surface area contributed by atoms with Gasteiger partial charge in [0.25, 0.3) is 5.91 Å². The zero-order chi connectivity index (χ0) is 16.4. The Kier molecular flexibility index (Phi) is 3.95. The van der Waals surface area contributed by atoms with Gasteiger partial charge in [-0.2, -0.15) is 0 Å². The molecule has 1 amide bonds. The monoisotopic (exact) mass is 307 g/mol. The van der Waals surface area contributed by atoms with E-state index < -0.39 is 0 Å². The number of amides is 1. The molecule has 3 heteroatoms. The van der Waals surface area contributed by atoms with E-state index in [0.717, 1.165) is 22.1 Å². The van der Waals surface area contributed by atoms with Crippen molar-refractivity contribution in [1.82, 2.24) is 4.90 Å². The highest BCUT2D eigenvalue weighted by Gasteiger charge is 2.29. The Morgan fingerprint density at radius 3 is 2.43 bits per heavy atom. The summed E-state index contributed by atoms with van der Waals surface area (Å²) in [6.07, 6.45) is 1.64. The first-order chi connectivity index (χ1) is 11.0. The number of rotatable bonds is 3. The summed E-state index contributed by atoms with van der Waals surface area (Å²) >= 11 is 0. The maximum absolute atomic E-state index is 13.2. The maximum atomic E-state index is 13.2. The molecule has 23 heavy (non-hydrogen) atoms. The highest BCUT2D eigenvalue weighted by atomic mass is 16.3.